The minimum atomic E-state index is -0.277. The van der Waals surface area contributed by atoms with Crippen molar-refractivity contribution in [3.8, 4) is 0 Å². The molecule has 1 saturated carbocycles. The van der Waals surface area contributed by atoms with Gasteiger partial charge in [0.05, 0.1) is 12.6 Å². The molecular weight excluding hydrogens is 264 g/mol. The Morgan fingerprint density at radius 3 is 2.48 bits per heavy atom. The van der Waals surface area contributed by atoms with E-state index in [-0.39, 0.29) is 12.0 Å². The van der Waals surface area contributed by atoms with Crippen LogP contribution in [0.25, 0.3) is 0 Å². The third-order valence-corrected chi connectivity index (χ3v) is 4.93. The van der Waals surface area contributed by atoms with Crippen LogP contribution in [0.4, 0.5) is 0 Å². The van der Waals surface area contributed by atoms with Crippen LogP contribution in [0.1, 0.15) is 71.1 Å². The van der Waals surface area contributed by atoms with Crippen molar-refractivity contribution >= 4 is 5.91 Å². The maximum atomic E-state index is 12.3. The highest BCUT2D eigenvalue weighted by Gasteiger charge is 2.26. The Bertz CT molecular complexity index is 312. The molecule has 1 saturated heterocycles. The Hall–Kier alpha value is -0.610. The average molecular weight is 296 g/mol. The van der Waals surface area contributed by atoms with Gasteiger partial charge in [-0.05, 0) is 45.6 Å². The molecule has 1 amide bonds. The molecule has 0 spiro atoms. The highest BCUT2D eigenvalue weighted by atomic mass is 16.3. The molecule has 2 unspecified atom stereocenters. The first-order valence-corrected chi connectivity index (χ1v) is 8.86. The van der Waals surface area contributed by atoms with Crippen LogP contribution in [0.5, 0.6) is 0 Å². The van der Waals surface area contributed by atoms with Gasteiger partial charge in [-0.1, -0.05) is 32.1 Å². The van der Waals surface area contributed by atoms with Crippen LogP contribution in [0.2, 0.25) is 0 Å². The number of rotatable bonds is 5. The molecule has 0 aromatic heterocycles. The molecule has 2 N–H and O–H groups in total. The maximum Gasteiger partial charge on any atom is 0.234 e. The molecule has 0 aromatic rings. The summed E-state index contributed by atoms with van der Waals surface area (Å²) in [5, 5.41) is 12.9. The summed E-state index contributed by atoms with van der Waals surface area (Å²) >= 11 is 0. The molecule has 2 atom stereocenters. The van der Waals surface area contributed by atoms with Crippen molar-refractivity contribution in [1.29, 1.82) is 0 Å². The number of likely N-dealkylation sites (tertiary alicyclic amines) is 1. The smallest absolute Gasteiger partial charge is 0.234 e. The molecular formula is C17H32N2O2. The van der Waals surface area contributed by atoms with E-state index in [1.807, 2.05) is 6.92 Å². The quantitative estimate of drug-likeness (QED) is 0.766. The number of amides is 1. The molecule has 4 heteroatoms. The summed E-state index contributed by atoms with van der Waals surface area (Å²) < 4.78 is 0. The van der Waals surface area contributed by atoms with Crippen LogP contribution in [0.3, 0.4) is 0 Å². The molecule has 4 nitrogen and oxygen atoms in total. The molecule has 1 aliphatic carbocycles. The third kappa shape index (κ3) is 5.95. The fourth-order valence-corrected chi connectivity index (χ4v) is 3.81. The third-order valence-electron chi connectivity index (χ3n) is 4.93. The SMILES string of the molecule is CC(O)CC1CCCCN1CC(=O)NC1CCCCCC1. The number of hydrogen-bond donors (Lipinski definition) is 2. The molecule has 0 radical (unpaired) electrons. The predicted molar refractivity (Wildman–Crippen MR) is 85.1 cm³/mol. The van der Waals surface area contributed by atoms with Crippen molar-refractivity contribution in [2.75, 3.05) is 13.1 Å². The number of aliphatic hydroxyl groups excluding tert-OH is 1. The minimum absolute atomic E-state index is 0.180. The highest BCUT2D eigenvalue weighted by Crippen LogP contribution is 2.21. The van der Waals surface area contributed by atoms with Gasteiger partial charge in [-0.25, -0.2) is 0 Å². The zero-order valence-corrected chi connectivity index (χ0v) is 13.5. The first-order chi connectivity index (χ1) is 10.1. The molecule has 122 valence electrons. The van der Waals surface area contributed by atoms with Crippen LogP contribution in [0.15, 0.2) is 0 Å². The van der Waals surface area contributed by atoms with E-state index >= 15 is 0 Å². The van der Waals surface area contributed by atoms with Gasteiger partial charge >= 0.3 is 0 Å². The Labute approximate surface area is 129 Å². The normalized spacial score (nSPS) is 27.0. The van der Waals surface area contributed by atoms with Crippen molar-refractivity contribution in [2.24, 2.45) is 0 Å². The fraction of sp³-hybridized carbons (Fsp3) is 0.941. The second-order valence-corrected chi connectivity index (χ2v) is 6.96. The zero-order chi connectivity index (χ0) is 15.1. The summed E-state index contributed by atoms with van der Waals surface area (Å²) in [6.07, 6.45) is 11.4. The molecule has 21 heavy (non-hydrogen) atoms. The lowest BCUT2D eigenvalue weighted by Gasteiger charge is -2.36. The van der Waals surface area contributed by atoms with Gasteiger partial charge < -0.3 is 10.4 Å². The van der Waals surface area contributed by atoms with Gasteiger partial charge in [0.25, 0.3) is 0 Å². The molecule has 1 aliphatic heterocycles. The van der Waals surface area contributed by atoms with Crippen LogP contribution in [-0.4, -0.2) is 47.2 Å². The Balaban J connectivity index is 1.79. The van der Waals surface area contributed by atoms with Crippen molar-refractivity contribution in [3.63, 3.8) is 0 Å². The summed E-state index contributed by atoms with van der Waals surface area (Å²) in [6, 6.07) is 0.763. The van der Waals surface area contributed by atoms with Gasteiger partial charge in [0.15, 0.2) is 0 Å². The van der Waals surface area contributed by atoms with E-state index in [1.54, 1.807) is 0 Å². The second kappa shape index (κ2) is 8.74. The zero-order valence-electron chi connectivity index (χ0n) is 13.5. The van der Waals surface area contributed by atoms with Crippen LogP contribution < -0.4 is 5.32 Å². The van der Waals surface area contributed by atoms with Crippen LogP contribution >= 0.6 is 0 Å². The van der Waals surface area contributed by atoms with Gasteiger partial charge in [-0.15, -0.1) is 0 Å². The Kier molecular flexibility index (Phi) is 6.97. The van der Waals surface area contributed by atoms with E-state index in [0.717, 1.165) is 32.2 Å². The lowest BCUT2D eigenvalue weighted by Crippen LogP contribution is -2.48. The topological polar surface area (TPSA) is 52.6 Å². The largest absolute Gasteiger partial charge is 0.393 e. The van der Waals surface area contributed by atoms with E-state index in [1.165, 1.54) is 38.5 Å². The van der Waals surface area contributed by atoms with Crippen LogP contribution in [-0.2, 0) is 4.79 Å². The summed E-state index contributed by atoms with van der Waals surface area (Å²) in [5.41, 5.74) is 0. The average Bonchev–Trinajstić information content (AvgIpc) is 2.69. The minimum Gasteiger partial charge on any atom is -0.393 e. The molecule has 2 fully saturated rings. The van der Waals surface area contributed by atoms with Gasteiger partial charge in [-0.2, -0.15) is 0 Å². The Morgan fingerprint density at radius 1 is 1.14 bits per heavy atom. The molecule has 1 heterocycles. The number of carbonyl (C=O) groups is 1. The van der Waals surface area contributed by atoms with Crippen molar-refractivity contribution in [2.45, 2.75) is 89.3 Å². The van der Waals surface area contributed by atoms with Gasteiger partial charge in [-0.3, -0.25) is 9.69 Å². The molecule has 2 rings (SSSR count). The summed E-state index contributed by atoms with van der Waals surface area (Å²) in [7, 11) is 0. The van der Waals surface area contributed by atoms with Crippen LogP contribution in [0, 0.1) is 0 Å². The summed E-state index contributed by atoms with van der Waals surface area (Å²) in [5.74, 6) is 0.180. The first kappa shape index (κ1) is 16.8. The van der Waals surface area contributed by atoms with E-state index in [4.69, 9.17) is 0 Å². The number of aliphatic hydroxyl groups is 1. The lowest BCUT2D eigenvalue weighted by atomic mass is 9.97. The number of nitrogens with one attached hydrogen (secondary N) is 1. The number of nitrogens with zero attached hydrogens (tertiary/aromatic N) is 1. The Morgan fingerprint density at radius 2 is 1.81 bits per heavy atom. The maximum absolute atomic E-state index is 12.3. The summed E-state index contributed by atoms with van der Waals surface area (Å²) in [4.78, 5) is 14.6. The first-order valence-electron chi connectivity index (χ1n) is 8.86. The molecule has 2 aliphatic rings. The van der Waals surface area contributed by atoms with E-state index in [9.17, 15) is 9.90 Å². The van der Waals surface area contributed by atoms with Gasteiger partial charge in [0, 0.05) is 12.1 Å². The summed E-state index contributed by atoms with van der Waals surface area (Å²) in [6.45, 7) is 3.35. The molecule has 0 aromatic carbocycles. The standard InChI is InChI=1S/C17H32N2O2/c1-14(20)12-16-10-6-7-11-19(16)13-17(21)18-15-8-4-2-3-5-9-15/h14-16,20H,2-13H2,1H3,(H,18,21). The number of hydrogen-bond acceptors (Lipinski definition) is 3. The van der Waals surface area contributed by atoms with Crippen molar-refractivity contribution in [1.82, 2.24) is 10.2 Å². The van der Waals surface area contributed by atoms with Gasteiger partial charge in [0.1, 0.15) is 0 Å². The van der Waals surface area contributed by atoms with Gasteiger partial charge in [0.2, 0.25) is 5.91 Å². The van der Waals surface area contributed by atoms with E-state index in [2.05, 4.69) is 10.2 Å². The highest BCUT2D eigenvalue weighted by molar-refractivity contribution is 5.78. The van der Waals surface area contributed by atoms with Crippen molar-refractivity contribution in [3.05, 3.63) is 0 Å². The number of piperidine rings is 1. The predicted octanol–water partition coefficient (Wildman–Crippen LogP) is 2.45. The second-order valence-electron chi connectivity index (χ2n) is 6.96. The monoisotopic (exact) mass is 296 g/mol. The lowest BCUT2D eigenvalue weighted by molar-refractivity contribution is -0.124. The molecule has 0 bridgehead atoms. The van der Waals surface area contributed by atoms with E-state index in [0.29, 0.717) is 18.6 Å². The number of carbonyl (C=O) groups excluding carboxylic acids is 1. The van der Waals surface area contributed by atoms with Crippen molar-refractivity contribution < 1.29 is 9.90 Å². The fourth-order valence-electron chi connectivity index (χ4n) is 3.81. The van der Waals surface area contributed by atoms with E-state index < -0.39 is 0 Å².